The van der Waals surface area contributed by atoms with Crippen LogP contribution < -0.4 is 0 Å². The highest BCUT2D eigenvalue weighted by atomic mass is 32.2. The van der Waals surface area contributed by atoms with E-state index in [0.29, 0.717) is 32.7 Å². The number of amides is 1. The van der Waals surface area contributed by atoms with E-state index in [1.807, 2.05) is 48.3 Å². The van der Waals surface area contributed by atoms with Gasteiger partial charge in [0.25, 0.3) is 0 Å². The second-order valence-corrected chi connectivity index (χ2v) is 10.5. The SMILES string of the molecule is CN(C(=O)CN1CCN(S(=O)(=O)Cc2ccccc2)CC1)[C@@H]1CCCc2ccccc21. The van der Waals surface area contributed by atoms with Crippen LogP contribution in [-0.4, -0.2) is 68.2 Å². The van der Waals surface area contributed by atoms with Crippen molar-refractivity contribution in [2.75, 3.05) is 39.8 Å². The summed E-state index contributed by atoms with van der Waals surface area (Å²) in [5.74, 6) is 0.124. The van der Waals surface area contributed by atoms with E-state index < -0.39 is 10.0 Å². The second-order valence-electron chi connectivity index (χ2n) is 8.53. The lowest BCUT2D eigenvalue weighted by Crippen LogP contribution is -2.51. The van der Waals surface area contributed by atoms with Crippen LogP contribution in [0.5, 0.6) is 0 Å². The topological polar surface area (TPSA) is 60.9 Å². The number of likely N-dealkylation sites (N-methyl/N-ethyl adjacent to an activating group) is 1. The van der Waals surface area contributed by atoms with Crippen molar-refractivity contribution in [3.63, 3.8) is 0 Å². The molecule has 7 heteroatoms. The molecule has 0 radical (unpaired) electrons. The van der Waals surface area contributed by atoms with Crippen molar-refractivity contribution in [2.45, 2.75) is 31.1 Å². The Morgan fingerprint density at radius 2 is 1.68 bits per heavy atom. The second kappa shape index (κ2) is 9.51. The lowest BCUT2D eigenvalue weighted by Gasteiger charge is -2.37. The third-order valence-electron chi connectivity index (χ3n) is 6.47. The van der Waals surface area contributed by atoms with E-state index in [-0.39, 0.29) is 17.7 Å². The molecule has 0 spiro atoms. The van der Waals surface area contributed by atoms with Crippen LogP contribution in [0, 0.1) is 0 Å². The molecule has 1 fully saturated rings. The maximum atomic E-state index is 13.0. The number of carbonyl (C=O) groups is 1. The Kier molecular flexibility index (Phi) is 6.74. The molecule has 166 valence electrons. The number of benzene rings is 2. The van der Waals surface area contributed by atoms with E-state index >= 15 is 0 Å². The molecule has 31 heavy (non-hydrogen) atoms. The summed E-state index contributed by atoms with van der Waals surface area (Å²) in [5, 5.41) is 0. The van der Waals surface area contributed by atoms with E-state index in [9.17, 15) is 13.2 Å². The van der Waals surface area contributed by atoms with E-state index in [2.05, 4.69) is 23.1 Å². The molecule has 2 aliphatic rings. The molecule has 2 aromatic rings. The van der Waals surface area contributed by atoms with Gasteiger partial charge in [0, 0.05) is 33.2 Å². The van der Waals surface area contributed by atoms with Gasteiger partial charge in [-0.25, -0.2) is 8.42 Å². The maximum Gasteiger partial charge on any atom is 0.237 e. The Labute approximate surface area is 185 Å². The van der Waals surface area contributed by atoms with Crippen molar-refractivity contribution in [3.05, 3.63) is 71.3 Å². The average Bonchev–Trinajstić information content (AvgIpc) is 2.79. The summed E-state index contributed by atoms with van der Waals surface area (Å²) in [7, 11) is -1.45. The van der Waals surface area contributed by atoms with Gasteiger partial charge >= 0.3 is 0 Å². The molecule has 0 N–H and O–H groups in total. The molecule has 6 nitrogen and oxygen atoms in total. The van der Waals surface area contributed by atoms with Gasteiger partial charge in [-0.2, -0.15) is 4.31 Å². The zero-order valence-electron chi connectivity index (χ0n) is 18.1. The smallest absolute Gasteiger partial charge is 0.237 e. The summed E-state index contributed by atoms with van der Waals surface area (Å²) >= 11 is 0. The molecular formula is C24H31N3O3S. The fraction of sp³-hybridized carbons (Fsp3) is 0.458. The molecule has 1 aliphatic heterocycles. The van der Waals surface area contributed by atoms with Crippen LogP contribution in [0.3, 0.4) is 0 Å². The third kappa shape index (κ3) is 5.17. The number of hydrogen-bond donors (Lipinski definition) is 0. The van der Waals surface area contributed by atoms with Gasteiger partial charge in [-0.1, -0.05) is 54.6 Å². The Bertz CT molecular complexity index is 1000. The van der Waals surface area contributed by atoms with Crippen molar-refractivity contribution in [3.8, 4) is 0 Å². The van der Waals surface area contributed by atoms with Gasteiger partial charge in [-0.15, -0.1) is 0 Å². The minimum atomic E-state index is -3.34. The number of carbonyl (C=O) groups excluding carboxylic acids is 1. The molecule has 1 amide bonds. The number of rotatable bonds is 6. The normalized spacial score (nSPS) is 20.2. The zero-order valence-corrected chi connectivity index (χ0v) is 18.9. The summed E-state index contributed by atoms with van der Waals surface area (Å²) in [4.78, 5) is 16.9. The molecule has 4 rings (SSSR count). The average molecular weight is 442 g/mol. The van der Waals surface area contributed by atoms with Crippen LogP contribution in [0.25, 0.3) is 0 Å². The van der Waals surface area contributed by atoms with Crippen molar-refractivity contribution < 1.29 is 13.2 Å². The van der Waals surface area contributed by atoms with Gasteiger partial charge in [0.05, 0.1) is 18.3 Å². The first-order valence-corrected chi connectivity index (χ1v) is 12.6. The fourth-order valence-corrected chi connectivity index (χ4v) is 6.17. The largest absolute Gasteiger partial charge is 0.338 e. The van der Waals surface area contributed by atoms with Crippen molar-refractivity contribution in [1.29, 1.82) is 0 Å². The first-order chi connectivity index (χ1) is 14.9. The monoisotopic (exact) mass is 441 g/mol. The fourth-order valence-electron chi connectivity index (χ4n) is 4.65. The molecule has 2 aromatic carbocycles. The Morgan fingerprint density at radius 3 is 2.42 bits per heavy atom. The molecule has 1 atom stereocenters. The highest BCUT2D eigenvalue weighted by Crippen LogP contribution is 2.33. The molecule has 0 saturated carbocycles. The summed E-state index contributed by atoms with van der Waals surface area (Å²) < 4.78 is 27.1. The summed E-state index contributed by atoms with van der Waals surface area (Å²) in [6, 6.07) is 17.8. The van der Waals surface area contributed by atoms with Crippen molar-refractivity contribution in [1.82, 2.24) is 14.1 Å². The predicted octanol–water partition coefficient (Wildman–Crippen LogP) is 2.67. The Hall–Kier alpha value is -2.22. The van der Waals surface area contributed by atoms with E-state index in [1.165, 1.54) is 11.1 Å². The van der Waals surface area contributed by atoms with Gasteiger partial charge in [0.1, 0.15) is 0 Å². The standard InChI is InChI=1S/C24H31N3O3S/c1-25(23-13-7-11-21-10-5-6-12-22(21)23)24(28)18-26-14-16-27(17-15-26)31(29,30)19-20-8-3-2-4-9-20/h2-6,8-10,12,23H,7,11,13-19H2,1H3/t23-/m1/s1. The van der Waals surface area contributed by atoms with Crippen LogP contribution in [0.15, 0.2) is 54.6 Å². The molecule has 0 unspecified atom stereocenters. The minimum Gasteiger partial charge on any atom is -0.338 e. The Morgan fingerprint density at radius 1 is 1.00 bits per heavy atom. The number of piperazine rings is 1. The number of hydrogen-bond acceptors (Lipinski definition) is 4. The molecule has 0 bridgehead atoms. The quantitative estimate of drug-likeness (QED) is 0.692. The summed E-state index contributed by atoms with van der Waals surface area (Å²) in [6.45, 7) is 2.35. The lowest BCUT2D eigenvalue weighted by molar-refractivity contribution is -0.133. The highest BCUT2D eigenvalue weighted by molar-refractivity contribution is 7.88. The van der Waals surface area contributed by atoms with E-state index in [0.717, 1.165) is 24.8 Å². The number of aryl methyl sites for hydroxylation is 1. The number of fused-ring (bicyclic) bond motifs is 1. The molecular weight excluding hydrogens is 410 g/mol. The van der Waals surface area contributed by atoms with Gasteiger partial charge in [-0.05, 0) is 36.0 Å². The van der Waals surface area contributed by atoms with Gasteiger partial charge in [-0.3, -0.25) is 9.69 Å². The molecule has 1 saturated heterocycles. The van der Waals surface area contributed by atoms with Crippen molar-refractivity contribution in [2.24, 2.45) is 0 Å². The van der Waals surface area contributed by atoms with Crippen LogP contribution in [0.1, 0.15) is 35.6 Å². The first kappa shape index (κ1) is 22.0. The van der Waals surface area contributed by atoms with Crippen LogP contribution >= 0.6 is 0 Å². The number of nitrogens with zero attached hydrogens (tertiary/aromatic N) is 3. The van der Waals surface area contributed by atoms with Gasteiger partial charge in [0.15, 0.2) is 0 Å². The molecule has 0 aromatic heterocycles. The van der Waals surface area contributed by atoms with Crippen molar-refractivity contribution >= 4 is 15.9 Å². The molecule has 1 heterocycles. The zero-order chi connectivity index (χ0) is 21.8. The first-order valence-electron chi connectivity index (χ1n) is 11.0. The van der Waals surface area contributed by atoms with Crippen LogP contribution in [-0.2, 0) is 27.0 Å². The predicted molar refractivity (Wildman–Crippen MR) is 122 cm³/mol. The van der Waals surface area contributed by atoms with E-state index in [1.54, 1.807) is 4.31 Å². The number of sulfonamides is 1. The third-order valence-corrected chi connectivity index (χ3v) is 8.32. The van der Waals surface area contributed by atoms with Crippen LogP contribution in [0.2, 0.25) is 0 Å². The Balaban J connectivity index is 1.31. The maximum absolute atomic E-state index is 13.0. The highest BCUT2D eigenvalue weighted by Gasteiger charge is 2.30. The minimum absolute atomic E-state index is 0.0244. The van der Waals surface area contributed by atoms with Crippen LogP contribution in [0.4, 0.5) is 0 Å². The van der Waals surface area contributed by atoms with Gasteiger partial charge in [0.2, 0.25) is 15.9 Å². The lowest BCUT2D eigenvalue weighted by atomic mass is 9.87. The summed E-state index contributed by atoms with van der Waals surface area (Å²) in [6.07, 6.45) is 3.16. The molecule has 1 aliphatic carbocycles. The summed E-state index contributed by atoms with van der Waals surface area (Å²) in [5.41, 5.74) is 3.41. The van der Waals surface area contributed by atoms with Gasteiger partial charge < -0.3 is 4.90 Å². The van der Waals surface area contributed by atoms with E-state index in [4.69, 9.17) is 0 Å².